The SMILES string of the molecule is CCN(CCCNC1CCCCCCC1)S(C)(=O)=O. The van der Waals surface area contributed by atoms with Gasteiger partial charge in [0.1, 0.15) is 0 Å². The zero-order valence-electron chi connectivity index (χ0n) is 12.5. The quantitative estimate of drug-likeness (QED) is 0.732. The first-order valence-electron chi connectivity index (χ1n) is 7.72. The molecule has 1 rings (SSSR count). The lowest BCUT2D eigenvalue weighted by atomic mass is 9.97. The van der Waals surface area contributed by atoms with Gasteiger partial charge in [0.05, 0.1) is 6.26 Å². The third-order valence-electron chi connectivity index (χ3n) is 3.94. The third kappa shape index (κ3) is 7.28. The highest BCUT2D eigenvalue weighted by Crippen LogP contribution is 2.16. The predicted octanol–water partition coefficient (Wildman–Crippen LogP) is 2.36. The third-order valence-corrected chi connectivity index (χ3v) is 5.32. The Hall–Kier alpha value is -0.130. The molecule has 0 heterocycles. The van der Waals surface area contributed by atoms with Gasteiger partial charge in [-0.25, -0.2) is 12.7 Å². The van der Waals surface area contributed by atoms with Gasteiger partial charge in [-0.05, 0) is 25.8 Å². The normalized spacial score (nSPS) is 19.3. The summed E-state index contributed by atoms with van der Waals surface area (Å²) >= 11 is 0. The molecular weight excluding hydrogens is 260 g/mol. The minimum atomic E-state index is -3.03. The zero-order chi connectivity index (χ0) is 14.1. The molecule has 1 aliphatic rings. The first kappa shape index (κ1) is 16.9. The van der Waals surface area contributed by atoms with Crippen molar-refractivity contribution < 1.29 is 8.42 Å². The smallest absolute Gasteiger partial charge is 0.211 e. The molecule has 0 atom stereocenters. The van der Waals surface area contributed by atoms with Crippen LogP contribution in [0, 0.1) is 0 Å². The highest BCUT2D eigenvalue weighted by molar-refractivity contribution is 7.88. The van der Waals surface area contributed by atoms with Crippen molar-refractivity contribution in [3.8, 4) is 0 Å². The molecule has 0 aliphatic heterocycles. The maximum absolute atomic E-state index is 11.4. The molecule has 0 spiro atoms. The number of nitrogens with zero attached hydrogens (tertiary/aromatic N) is 1. The van der Waals surface area contributed by atoms with Gasteiger partial charge in [0.15, 0.2) is 0 Å². The molecule has 0 saturated heterocycles. The van der Waals surface area contributed by atoms with E-state index in [0.717, 1.165) is 13.0 Å². The van der Waals surface area contributed by atoms with Crippen molar-refractivity contribution in [2.24, 2.45) is 0 Å². The van der Waals surface area contributed by atoms with Crippen LogP contribution in [0.2, 0.25) is 0 Å². The van der Waals surface area contributed by atoms with Gasteiger partial charge in [-0.2, -0.15) is 0 Å². The van der Waals surface area contributed by atoms with Crippen molar-refractivity contribution in [1.29, 1.82) is 0 Å². The van der Waals surface area contributed by atoms with Crippen LogP contribution in [0.5, 0.6) is 0 Å². The van der Waals surface area contributed by atoms with Crippen molar-refractivity contribution in [1.82, 2.24) is 9.62 Å². The van der Waals surface area contributed by atoms with E-state index in [1.807, 2.05) is 6.92 Å². The van der Waals surface area contributed by atoms with E-state index in [4.69, 9.17) is 0 Å². The molecule has 1 saturated carbocycles. The first-order chi connectivity index (χ1) is 9.04. The monoisotopic (exact) mass is 290 g/mol. The fourth-order valence-electron chi connectivity index (χ4n) is 2.78. The van der Waals surface area contributed by atoms with Gasteiger partial charge in [0.2, 0.25) is 10.0 Å². The van der Waals surface area contributed by atoms with E-state index in [0.29, 0.717) is 19.1 Å². The number of hydrogen-bond donors (Lipinski definition) is 1. The van der Waals surface area contributed by atoms with Gasteiger partial charge in [0.25, 0.3) is 0 Å². The van der Waals surface area contributed by atoms with E-state index >= 15 is 0 Å². The van der Waals surface area contributed by atoms with Crippen LogP contribution in [0.25, 0.3) is 0 Å². The molecule has 0 bridgehead atoms. The second kappa shape index (κ2) is 8.93. The van der Waals surface area contributed by atoms with Gasteiger partial charge < -0.3 is 5.32 Å². The number of rotatable bonds is 7. The summed E-state index contributed by atoms with van der Waals surface area (Å²) in [7, 11) is -3.03. The number of nitrogens with one attached hydrogen (secondary N) is 1. The second-order valence-electron chi connectivity index (χ2n) is 5.60. The lowest BCUT2D eigenvalue weighted by molar-refractivity contribution is 0.371. The summed E-state index contributed by atoms with van der Waals surface area (Å²) in [4.78, 5) is 0. The van der Waals surface area contributed by atoms with E-state index in [2.05, 4.69) is 5.32 Å². The Balaban J connectivity index is 2.18. The van der Waals surface area contributed by atoms with Crippen molar-refractivity contribution in [2.45, 2.75) is 64.3 Å². The van der Waals surface area contributed by atoms with Crippen molar-refractivity contribution in [3.05, 3.63) is 0 Å². The van der Waals surface area contributed by atoms with Crippen LogP contribution in [0.15, 0.2) is 0 Å². The average molecular weight is 290 g/mol. The molecule has 0 aromatic carbocycles. The molecule has 0 unspecified atom stereocenters. The maximum atomic E-state index is 11.4. The molecular formula is C14H30N2O2S. The average Bonchev–Trinajstić information content (AvgIpc) is 2.29. The Morgan fingerprint density at radius 1 is 1.11 bits per heavy atom. The van der Waals surface area contributed by atoms with E-state index in [1.54, 1.807) is 4.31 Å². The van der Waals surface area contributed by atoms with Crippen molar-refractivity contribution >= 4 is 10.0 Å². The Kier molecular flexibility index (Phi) is 7.95. The summed E-state index contributed by atoms with van der Waals surface area (Å²) in [5.41, 5.74) is 0. The van der Waals surface area contributed by atoms with Gasteiger partial charge in [-0.3, -0.25) is 0 Å². The molecule has 0 amide bonds. The van der Waals surface area contributed by atoms with E-state index < -0.39 is 10.0 Å². The molecule has 0 aromatic rings. The van der Waals surface area contributed by atoms with E-state index in [1.165, 1.54) is 51.2 Å². The number of hydrogen-bond acceptors (Lipinski definition) is 3. The second-order valence-corrected chi connectivity index (χ2v) is 7.59. The lowest BCUT2D eigenvalue weighted by Gasteiger charge is -2.22. The molecule has 0 radical (unpaired) electrons. The van der Waals surface area contributed by atoms with Crippen LogP contribution in [0.4, 0.5) is 0 Å². The van der Waals surface area contributed by atoms with Crippen LogP contribution in [0.3, 0.4) is 0 Å². The van der Waals surface area contributed by atoms with Gasteiger partial charge in [0, 0.05) is 19.1 Å². The molecule has 1 N–H and O–H groups in total. The Labute approximate surface area is 119 Å². The summed E-state index contributed by atoms with van der Waals surface area (Å²) in [5.74, 6) is 0. The summed E-state index contributed by atoms with van der Waals surface area (Å²) < 4.78 is 24.4. The number of sulfonamides is 1. The van der Waals surface area contributed by atoms with E-state index in [9.17, 15) is 8.42 Å². The van der Waals surface area contributed by atoms with Gasteiger partial charge in [-0.15, -0.1) is 0 Å². The summed E-state index contributed by atoms with van der Waals surface area (Å²) in [6.07, 6.45) is 11.6. The summed E-state index contributed by atoms with van der Waals surface area (Å²) in [5, 5.41) is 3.60. The maximum Gasteiger partial charge on any atom is 0.211 e. The molecule has 4 nitrogen and oxygen atoms in total. The Morgan fingerprint density at radius 3 is 2.21 bits per heavy atom. The molecule has 0 aromatic heterocycles. The molecule has 5 heteroatoms. The molecule has 1 aliphatic carbocycles. The zero-order valence-corrected chi connectivity index (χ0v) is 13.3. The molecule has 19 heavy (non-hydrogen) atoms. The van der Waals surface area contributed by atoms with Gasteiger partial charge >= 0.3 is 0 Å². The lowest BCUT2D eigenvalue weighted by Crippen LogP contribution is -2.35. The van der Waals surface area contributed by atoms with Crippen molar-refractivity contribution in [3.63, 3.8) is 0 Å². The topological polar surface area (TPSA) is 49.4 Å². The molecule has 114 valence electrons. The van der Waals surface area contributed by atoms with Crippen molar-refractivity contribution in [2.75, 3.05) is 25.9 Å². The fourth-order valence-corrected chi connectivity index (χ4v) is 3.71. The van der Waals surface area contributed by atoms with Gasteiger partial charge in [-0.1, -0.05) is 39.0 Å². The van der Waals surface area contributed by atoms with Crippen LogP contribution in [-0.2, 0) is 10.0 Å². The highest BCUT2D eigenvalue weighted by Gasteiger charge is 2.14. The largest absolute Gasteiger partial charge is 0.314 e. The van der Waals surface area contributed by atoms with E-state index in [-0.39, 0.29) is 0 Å². The standard InChI is InChI=1S/C14H30N2O2S/c1-3-16(19(2,17)18)13-9-12-15-14-10-7-5-4-6-8-11-14/h14-15H,3-13H2,1-2H3. The Morgan fingerprint density at radius 2 is 1.68 bits per heavy atom. The van der Waals surface area contributed by atoms with Crippen LogP contribution >= 0.6 is 0 Å². The molecule has 1 fully saturated rings. The highest BCUT2D eigenvalue weighted by atomic mass is 32.2. The minimum absolute atomic E-state index is 0.572. The Bertz CT molecular complexity index is 322. The minimum Gasteiger partial charge on any atom is -0.314 e. The fraction of sp³-hybridized carbons (Fsp3) is 1.00. The van der Waals surface area contributed by atoms with Crippen LogP contribution < -0.4 is 5.32 Å². The predicted molar refractivity (Wildman–Crippen MR) is 80.8 cm³/mol. The first-order valence-corrected chi connectivity index (χ1v) is 9.57. The summed E-state index contributed by atoms with van der Waals surface area (Å²) in [6, 6.07) is 0.647. The summed E-state index contributed by atoms with van der Waals surface area (Å²) in [6.45, 7) is 4.03. The van der Waals surface area contributed by atoms with Crippen LogP contribution in [0.1, 0.15) is 58.3 Å². The van der Waals surface area contributed by atoms with Crippen LogP contribution in [-0.4, -0.2) is 44.7 Å².